The predicted octanol–water partition coefficient (Wildman–Crippen LogP) is 2.70. The molecule has 148 valence electrons. The average Bonchev–Trinajstić information content (AvgIpc) is 2.66. The van der Waals surface area contributed by atoms with E-state index in [0.717, 1.165) is 11.6 Å². The number of halogens is 1. The van der Waals surface area contributed by atoms with Crippen LogP contribution in [0.3, 0.4) is 0 Å². The van der Waals surface area contributed by atoms with Gasteiger partial charge in [-0.15, -0.1) is 0 Å². The summed E-state index contributed by atoms with van der Waals surface area (Å²) < 4.78 is 13.5. The lowest BCUT2D eigenvalue weighted by Gasteiger charge is -2.19. The van der Waals surface area contributed by atoms with E-state index in [1.165, 1.54) is 18.2 Å². The van der Waals surface area contributed by atoms with Crippen molar-refractivity contribution < 1.29 is 18.8 Å². The predicted molar refractivity (Wildman–Crippen MR) is 104 cm³/mol. The van der Waals surface area contributed by atoms with Crippen LogP contribution in [0.5, 0.6) is 0 Å². The van der Waals surface area contributed by atoms with Crippen molar-refractivity contribution in [3.05, 3.63) is 71.0 Å². The maximum Gasteiger partial charge on any atom is 0.272 e. The molecular formula is C21H24FN3O3. The SMILES string of the molecule is CC(C)(C)c1ccc(C(=O)NCCC(=O)NNC(=O)c2ccccc2F)cc1. The molecule has 0 aliphatic heterocycles. The topological polar surface area (TPSA) is 87.3 Å². The lowest BCUT2D eigenvalue weighted by molar-refractivity contribution is -0.121. The fourth-order valence-corrected chi connectivity index (χ4v) is 2.41. The summed E-state index contributed by atoms with van der Waals surface area (Å²) in [5.74, 6) is -2.23. The van der Waals surface area contributed by atoms with Gasteiger partial charge in [0, 0.05) is 18.5 Å². The first-order valence-electron chi connectivity index (χ1n) is 8.91. The first-order chi connectivity index (χ1) is 13.2. The van der Waals surface area contributed by atoms with Gasteiger partial charge in [0.05, 0.1) is 5.56 Å². The molecule has 0 atom stereocenters. The van der Waals surface area contributed by atoms with E-state index >= 15 is 0 Å². The normalized spacial score (nSPS) is 10.9. The van der Waals surface area contributed by atoms with E-state index in [1.54, 1.807) is 12.1 Å². The number of benzene rings is 2. The Kier molecular flexibility index (Phi) is 6.87. The summed E-state index contributed by atoms with van der Waals surface area (Å²) in [6.07, 6.45) is -0.0383. The van der Waals surface area contributed by atoms with Gasteiger partial charge in [0.15, 0.2) is 0 Å². The molecule has 0 unspecified atom stereocenters. The van der Waals surface area contributed by atoms with E-state index in [1.807, 2.05) is 12.1 Å². The quantitative estimate of drug-likeness (QED) is 0.692. The Morgan fingerprint density at radius 3 is 2.14 bits per heavy atom. The molecule has 0 aromatic heterocycles. The van der Waals surface area contributed by atoms with Crippen LogP contribution >= 0.6 is 0 Å². The van der Waals surface area contributed by atoms with Crippen molar-refractivity contribution in [1.29, 1.82) is 0 Å². The fraction of sp³-hybridized carbons (Fsp3) is 0.286. The van der Waals surface area contributed by atoms with Crippen LogP contribution in [0.2, 0.25) is 0 Å². The van der Waals surface area contributed by atoms with Crippen LogP contribution < -0.4 is 16.2 Å². The van der Waals surface area contributed by atoms with E-state index in [0.29, 0.717) is 5.56 Å². The van der Waals surface area contributed by atoms with Crippen LogP contribution in [0.25, 0.3) is 0 Å². The summed E-state index contributed by atoms with van der Waals surface area (Å²) >= 11 is 0. The third-order valence-corrected chi connectivity index (χ3v) is 4.08. The first-order valence-corrected chi connectivity index (χ1v) is 8.91. The minimum Gasteiger partial charge on any atom is -0.352 e. The molecule has 0 aliphatic carbocycles. The van der Waals surface area contributed by atoms with Crippen molar-refractivity contribution in [3.63, 3.8) is 0 Å². The Labute approximate surface area is 163 Å². The lowest BCUT2D eigenvalue weighted by atomic mass is 9.87. The Morgan fingerprint density at radius 1 is 0.893 bits per heavy atom. The summed E-state index contributed by atoms with van der Waals surface area (Å²) in [5, 5.41) is 2.64. The number of amides is 3. The Morgan fingerprint density at radius 2 is 1.54 bits per heavy atom. The molecule has 28 heavy (non-hydrogen) atoms. The summed E-state index contributed by atoms with van der Waals surface area (Å²) in [4.78, 5) is 35.7. The molecule has 0 bridgehead atoms. The number of hydrogen-bond donors (Lipinski definition) is 3. The van der Waals surface area contributed by atoms with E-state index in [9.17, 15) is 18.8 Å². The molecule has 3 amide bonds. The van der Waals surface area contributed by atoms with Crippen LogP contribution in [0, 0.1) is 5.82 Å². The summed E-state index contributed by atoms with van der Waals surface area (Å²) in [6, 6.07) is 12.7. The van der Waals surface area contributed by atoms with Gasteiger partial charge in [-0.2, -0.15) is 0 Å². The van der Waals surface area contributed by atoms with Gasteiger partial charge in [-0.1, -0.05) is 45.0 Å². The monoisotopic (exact) mass is 385 g/mol. The second kappa shape index (κ2) is 9.12. The fourth-order valence-electron chi connectivity index (χ4n) is 2.41. The Bertz CT molecular complexity index is 858. The summed E-state index contributed by atoms with van der Waals surface area (Å²) in [7, 11) is 0. The molecule has 2 rings (SSSR count). The maximum atomic E-state index is 13.5. The minimum absolute atomic E-state index is 0.000193. The molecule has 0 fully saturated rings. The molecular weight excluding hydrogens is 361 g/mol. The number of carbonyl (C=O) groups is 3. The van der Waals surface area contributed by atoms with Gasteiger partial charge < -0.3 is 5.32 Å². The van der Waals surface area contributed by atoms with Gasteiger partial charge in [-0.3, -0.25) is 25.2 Å². The van der Waals surface area contributed by atoms with Crippen molar-refractivity contribution in [3.8, 4) is 0 Å². The van der Waals surface area contributed by atoms with Crippen LogP contribution in [0.15, 0.2) is 48.5 Å². The molecule has 6 nitrogen and oxygen atoms in total. The number of hydrogen-bond acceptors (Lipinski definition) is 3. The maximum absolute atomic E-state index is 13.5. The largest absolute Gasteiger partial charge is 0.352 e. The molecule has 2 aromatic carbocycles. The van der Waals surface area contributed by atoms with E-state index in [-0.39, 0.29) is 29.9 Å². The van der Waals surface area contributed by atoms with Crippen molar-refractivity contribution in [2.75, 3.05) is 6.54 Å². The van der Waals surface area contributed by atoms with Crippen LogP contribution in [0.4, 0.5) is 4.39 Å². The third-order valence-electron chi connectivity index (χ3n) is 4.08. The molecule has 0 aliphatic rings. The highest BCUT2D eigenvalue weighted by molar-refractivity contribution is 5.96. The van der Waals surface area contributed by atoms with Crippen LogP contribution in [0.1, 0.15) is 53.5 Å². The average molecular weight is 385 g/mol. The van der Waals surface area contributed by atoms with Gasteiger partial charge in [-0.05, 0) is 35.2 Å². The number of carbonyl (C=O) groups excluding carboxylic acids is 3. The van der Waals surface area contributed by atoms with Gasteiger partial charge >= 0.3 is 0 Å². The molecule has 0 saturated heterocycles. The smallest absolute Gasteiger partial charge is 0.272 e. The molecule has 2 aromatic rings. The molecule has 7 heteroatoms. The van der Waals surface area contributed by atoms with Crippen molar-refractivity contribution in [2.45, 2.75) is 32.6 Å². The Hall–Kier alpha value is -3.22. The van der Waals surface area contributed by atoms with Crippen molar-refractivity contribution >= 4 is 17.7 Å². The van der Waals surface area contributed by atoms with Crippen LogP contribution in [-0.2, 0) is 10.2 Å². The van der Waals surface area contributed by atoms with Gasteiger partial charge in [-0.25, -0.2) is 4.39 Å². The number of nitrogens with one attached hydrogen (secondary N) is 3. The second-order valence-corrected chi connectivity index (χ2v) is 7.32. The molecule has 0 heterocycles. The molecule has 0 spiro atoms. The molecule has 0 saturated carbocycles. The van der Waals surface area contributed by atoms with Gasteiger partial charge in [0.25, 0.3) is 11.8 Å². The minimum atomic E-state index is -0.755. The van der Waals surface area contributed by atoms with Gasteiger partial charge in [0.2, 0.25) is 5.91 Å². The lowest BCUT2D eigenvalue weighted by Crippen LogP contribution is -2.43. The molecule has 3 N–H and O–H groups in total. The first kappa shape index (κ1) is 21.1. The zero-order valence-corrected chi connectivity index (χ0v) is 16.1. The highest BCUT2D eigenvalue weighted by Gasteiger charge is 2.15. The highest BCUT2D eigenvalue weighted by atomic mass is 19.1. The highest BCUT2D eigenvalue weighted by Crippen LogP contribution is 2.22. The van der Waals surface area contributed by atoms with Crippen molar-refractivity contribution in [2.24, 2.45) is 0 Å². The zero-order chi connectivity index (χ0) is 20.7. The van der Waals surface area contributed by atoms with Crippen molar-refractivity contribution in [1.82, 2.24) is 16.2 Å². The number of rotatable bonds is 5. The summed E-state index contributed by atoms with van der Waals surface area (Å²) in [6.45, 7) is 6.37. The standard InChI is InChI=1S/C21H24FN3O3/c1-21(2,3)15-10-8-14(9-11-15)19(27)23-13-12-18(26)24-25-20(28)16-6-4-5-7-17(16)22/h4-11H,12-13H2,1-3H3,(H,23,27)(H,24,26)(H,25,28). The Balaban J connectivity index is 1.75. The zero-order valence-electron chi connectivity index (χ0n) is 16.1. The molecule has 0 radical (unpaired) electrons. The van der Waals surface area contributed by atoms with Crippen LogP contribution in [-0.4, -0.2) is 24.3 Å². The third kappa shape index (κ3) is 5.90. The van der Waals surface area contributed by atoms with E-state index < -0.39 is 17.6 Å². The van der Waals surface area contributed by atoms with E-state index in [4.69, 9.17) is 0 Å². The van der Waals surface area contributed by atoms with E-state index in [2.05, 4.69) is 36.9 Å². The number of hydrazine groups is 1. The second-order valence-electron chi connectivity index (χ2n) is 7.32. The van der Waals surface area contributed by atoms with Gasteiger partial charge in [0.1, 0.15) is 5.82 Å². The summed E-state index contributed by atoms with van der Waals surface area (Å²) in [5.41, 5.74) is 5.78.